The molecule has 5 nitrogen and oxygen atoms in total. The molecule has 0 saturated heterocycles. The van der Waals surface area contributed by atoms with Gasteiger partial charge < -0.3 is 5.11 Å². The zero-order chi connectivity index (χ0) is 16.2. The van der Waals surface area contributed by atoms with E-state index in [1.165, 1.54) is 12.3 Å². The molecular weight excluding hydrogens is 314 g/mol. The number of hydrogen-bond acceptors (Lipinski definition) is 4. The number of nitrogens with zero attached hydrogens (tertiary/aromatic N) is 2. The molecule has 3 aromatic rings. The van der Waals surface area contributed by atoms with Crippen molar-refractivity contribution in [2.24, 2.45) is 5.10 Å². The number of hydrogen-bond donors (Lipinski definition) is 2. The van der Waals surface area contributed by atoms with E-state index in [9.17, 15) is 4.79 Å². The second-order valence-corrected chi connectivity index (χ2v) is 5.22. The highest BCUT2D eigenvalue weighted by atomic mass is 35.5. The third-order valence-corrected chi connectivity index (χ3v) is 3.52. The second-order valence-electron chi connectivity index (χ2n) is 4.78. The van der Waals surface area contributed by atoms with Crippen molar-refractivity contribution in [1.29, 1.82) is 0 Å². The van der Waals surface area contributed by atoms with Crippen molar-refractivity contribution in [3.63, 3.8) is 0 Å². The Kier molecular flexibility index (Phi) is 4.21. The first-order valence-corrected chi connectivity index (χ1v) is 7.18. The molecule has 0 aliphatic rings. The zero-order valence-electron chi connectivity index (χ0n) is 11.9. The maximum absolute atomic E-state index is 11.2. The molecule has 0 aliphatic heterocycles. The molecule has 0 atom stereocenters. The van der Waals surface area contributed by atoms with Gasteiger partial charge in [-0.25, -0.2) is 4.79 Å². The van der Waals surface area contributed by atoms with Gasteiger partial charge in [0.2, 0.25) is 0 Å². The third-order valence-electron chi connectivity index (χ3n) is 3.28. The van der Waals surface area contributed by atoms with Crippen molar-refractivity contribution in [2.75, 3.05) is 5.43 Å². The summed E-state index contributed by atoms with van der Waals surface area (Å²) in [5.74, 6) is -0.990. The van der Waals surface area contributed by atoms with E-state index in [2.05, 4.69) is 15.5 Å². The Bertz CT molecular complexity index is 909. The third kappa shape index (κ3) is 3.30. The standard InChI is InChI=1S/C17H12ClN3O2/c18-12-5-6-14-15(7-8-19-16(14)9-12)21-20-10-11-3-1-2-4-13(11)17(22)23/h1-10H,(H,19,21)(H,22,23). The van der Waals surface area contributed by atoms with E-state index in [1.54, 1.807) is 42.6 Å². The molecule has 0 aliphatic carbocycles. The molecule has 0 radical (unpaired) electrons. The average molecular weight is 326 g/mol. The number of hydrazone groups is 1. The van der Waals surface area contributed by atoms with Gasteiger partial charge >= 0.3 is 5.97 Å². The van der Waals surface area contributed by atoms with Gasteiger partial charge in [-0.1, -0.05) is 29.8 Å². The Morgan fingerprint density at radius 2 is 2.04 bits per heavy atom. The number of aromatic carboxylic acids is 1. The summed E-state index contributed by atoms with van der Waals surface area (Å²) in [4.78, 5) is 15.4. The molecule has 1 heterocycles. The number of anilines is 1. The first kappa shape index (κ1) is 15.0. The summed E-state index contributed by atoms with van der Waals surface area (Å²) in [7, 11) is 0. The predicted molar refractivity (Wildman–Crippen MR) is 91.4 cm³/mol. The van der Waals surface area contributed by atoms with E-state index in [1.807, 2.05) is 6.07 Å². The SMILES string of the molecule is O=C(O)c1ccccc1C=NNc1ccnc2cc(Cl)ccc12. The molecule has 6 heteroatoms. The lowest BCUT2D eigenvalue weighted by Gasteiger charge is -2.05. The van der Waals surface area contributed by atoms with E-state index in [-0.39, 0.29) is 5.56 Å². The largest absolute Gasteiger partial charge is 0.478 e. The lowest BCUT2D eigenvalue weighted by molar-refractivity contribution is 0.0697. The van der Waals surface area contributed by atoms with Crippen LogP contribution in [-0.2, 0) is 0 Å². The summed E-state index contributed by atoms with van der Waals surface area (Å²) in [5, 5.41) is 14.8. The van der Waals surface area contributed by atoms with Crippen LogP contribution in [0, 0.1) is 0 Å². The molecular formula is C17H12ClN3O2. The lowest BCUT2D eigenvalue weighted by atomic mass is 10.1. The van der Waals surface area contributed by atoms with Crippen LogP contribution in [0.15, 0.2) is 59.8 Å². The van der Waals surface area contributed by atoms with Gasteiger partial charge in [-0.05, 0) is 30.3 Å². The zero-order valence-corrected chi connectivity index (χ0v) is 12.7. The topological polar surface area (TPSA) is 74.6 Å². The number of carbonyl (C=O) groups is 1. The van der Waals surface area contributed by atoms with Crippen LogP contribution in [0.1, 0.15) is 15.9 Å². The van der Waals surface area contributed by atoms with Crippen molar-refractivity contribution < 1.29 is 9.90 Å². The fraction of sp³-hybridized carbons (Fsp3) is 0. The summed E-state index contributed by atoms with van der Waals surface area (Å²) in [6.45, 7) is 0. The van der Waals surface area contributed by atoms with Gasteiger partial charge in [0.05, 0.1) is 23.0 Å². The minimum Gasteiger partial charge on any atom is -0.478 e. The van der Waals surface area contributed by atoms with Crippen molar-refractivity contribution >= 4 is 40.4 Å². The number of nitrogens with one attached hydrogen (secondary N) is 1. The Labute approximate surface area is 137 Å². The molecule has 2 N–H and O–H groups in total. The van der Waals surface area contributed by atoms with E-state index in [4.69, 9.17) is 16.7 Å². The first-order chi connectivity index (χ1) is 11.1. The quantitative estimate of drug-likeness (QED) is 0.561. The molecule has 0 saturated carbocycles. The van der Waals surface area contributed by atoms with Crippen LogP contribution >= 0.6 is 11.6 Å². The van der Waals surface area contributed by atoms with E-state index < -0.39 is 5.97 Å². The fourth-order valence-corrected chi connectivity index (χ4v) is 2.36. The Morgan fingerprint density at radius 1 is 1.22 bits per heavy atom. The van der Waals surface area contributed by atoms with Crippen LogP contribution in [0.5, 0.6) is 0 Å². The minimum atomic E-state index is -0.990. The van der Waals surface area contributed by atoms with Gasteiger partial charge in [0.1, 0.15) is 0 Å². The number of aromatic nitrogens is 1. The van der Waals surface area contributed by atoms with Gasteiger partial charge in [0.15, 0.2) is 0 Å². The molecule has 0 fully saturated rings. The number of fused-ring (bicyclic) bond motifs is 1. The highest BCUT2D eigenvalue weighted by Crippen LogP contribution is 2.24. The number of carboxylic acid groups (broad SMARTS) is 1. The highest BCUT2D eigenvalue weighted by Gasteiger charge is 2.06. The monoisotopic (exact) mass is 325 g/mol. The molecule has 0 bridgehead atoms. The number of halogens is 1. The fourth-order valence-electron chi connectivity index (χ4n) is 2.19. The summed E-state index contributed by atoms with van der Waals surface area (Å²) in [5.41, 5.74) is 5.15. The molecule has 23 heavy (non-hydrogen) atoms. The smallest absolute Gasteiger partial charge is 0.336 e. The average Bonchev–Trinajstić information content (AvgIpc) is 2.55. The number of rotatable bonds is 4. The summed E-state index contributed by atoms with van der Waals surface area (Å²) in [6.07, 6.45) is 3.13. The minimum absolute atomic E-state index is 0.199. The number of pyridine rings is 1. The second kappa shape index (κ2) is 6.46. The van der Waals surface area contributed by atoms with Crippen LogP contribution in [0.25, 0.3) is 10.9 Å². The van der Waals surface area contributed by atoms with Crippen molar-refractivity contribution in [3.05, 3.63) is 70.9 Å². The van der Waals surface area contributed by atoms with Gasteiger partial charge in [-0.3, -0.25) is 10.4 Å². The Morgan fingerprint density at radius 3 is 2.87 bits per heavy atom. The van der Waals surface area contributed by atoms with E-state index >= 15 is 0 Å². The van der Waals surface area contributed by atoms with Gasteiger partial charge in [-0.2, -0.15) is 5.10 Å². The maximum Gasteiger partial charge on any atom is 0.336 e. The van der Waals surface area contributed by atoms with Crippen LogP contribution < -0.4 is 5.43 Å². The number of benzene rings is 2. The molecule has 3 rings (SSSR count). The Balaban J connectivity index is 1.88. The van der Waals surface area contributed by atoms with Crippen LogP contribution in [0.3, 0.4) is 0 Å². The van der Waals surface area contributed by atoms with Gasteiger partial charge in [0, 0.05) is 22.2 Å². The maximum atomic E-state index is 11.2. The van der Waals surface area contributed by atoms with E-state index in [0.29, 0.717) is 10.6 Å². The lowest BCUT2D eigenvalue weighted by Crippen LogP contribution is -2.02. The van der Waals surface area contributed by atoms with Crippen LogP contribution in [0.4, 0.5) is 5.69 Å². The molecule has 0 unspecified atom stereocenters. The Hall–Kier alpha value is -2.92. The molecule has 2 aromatic carbocycles. The van der Waals surface area contributed by atoms with Gasteiger partial charge in [0.25, 0.3) is 0 Å². The van der Waals surface area contributed by atoms with Crippen molar-refractivity contribution in [2.45, 2.75) is 0 Å². The molecule has 0 amide bonds. The van der Waals surface area contributed by atoms with Crippen LogP contribution in [0.2, 0.25) is 5.02 Å². The highest BCUT2D eigenvalue weighted by molar-refractivity contribution is 6.31. The number of carboxylic acids is 1. The summed E-state index contributed by atoms with van der Waals surface area (Å²) in [6, 6.07) is 13.9. The van der Waals surface area contributed by atoms with E-state index in [0.717, 1.165) is 16.6 Å². The molecule has 114 valence electrons. The van der Waals surface area contributed by atoms with Crippen molar-refractivity contribution in [3.8, 4) is 0 Å². The normalized spacial score (nSPS) is 11.0. The summed E-state index contributed by atoms with van der Waals surface area (Å²) >= 11 is 5.96. The first-order valence-electron chi connectivity index (χ1n) is 6.81. The summed E-state index contributed by atoms with van der Waals surface area (Å²) < 4.78 is 0. The molecule has 0 spiro atoms. The predicted octanol–water partition coefficient (Wildman–Crippen LogP) is 4.03. The molecule has 1 aromatic heterocycles. The van der Waals surface area contributed by atoms with Gasteiger partial charge in [-0.15, -0.1) is 0 Å². The van der Waals surface area contributed by atoms with Crippen molar-refractivity contribution in [1.82, 2.24) is 4.98 Å². The van der Waals surface area contributed by atoms with Crippen LogP contribution in [-0.4, -0.2) is 22.3 Å².